The first-order chi connectivity index (χ1) is 9.72. The molecule has 100 valence electrons. The fourth-order valence-corrected chi connectivity index (χ4v) is 2.51. The molecule has 0 saturated carbocycles. The van der Waals surface area contributed by atoms with Gasteiger partial charge in [0, 0.05) is 22.0 Å². The summed E-state index contributed by atoms with van der Waals surface area (Å²) in [5.41, 5.74) is 2.96. The van der Waals surface area contributed by atoms with Gasteiger partial charge in [0.25, 0.3) is 0 Å². The Morgan fingerprint density at radius 1 is 1.00 bits per heavy atom. The molecule has 3 aromatic rings. The largest absolute Gasteiger partial charge is 0.380 e. The molecule has 2 nitrogen and oxygen atoms in total. The first-order valence-electron chi connectivity index (χ1n) is 6.25. The maximum atomic E-state index is 6.15. The minimum atomic E-state index is 0.635. The molecule has 0 spiro atoms. The summed E-state index contributed by atoms with van der Waals surface area (Å²) in [5, 5.41) is 5.74. The zero-order chi connectivity index (χ0) is 13.9. The van der Waals surface area contributed by atoms with E-state index in [2.05, 4.69) is 16.4 Å². The van der Waals surface area contributed by atoms with Crippen molar-refractivity contribution in [3.05, 3.63) is 70.3 Å². The Hall–Kier alpha value is -1.77. The number of pyridine rings is 1. The van der Waals surface area contributed by atoms with Crippen molar-refractivity contribution >= 4 is 39.8 Å². The van der Waals surface area contributed by atoms with E-state index in [9.17, 15) is 0 Å². The van der Waals surface area contributed by atoms with Crippen LogP contribution in [0.15, 0.2) is 54.7 Å². The molecule has 1 N–H and O–H groups in total. The molecular weight excluding hydrogens is 291 g/mol. The van der Waals surface area contributed by atoms with Gasteiger partial charge in [-0.25, -0.2) is 0 Å². The van der Waals surface area contributed by atoms with E-state index in [0.717, 1.165) is 22.2 Å². The minimum Gasteiger partial charge on any atom is -0.380 e. The number of rotatable bonds is 3. The van der Waals surface area contributed by atoms with Crippen LogP contribution in [0.1, 0.15) is 5.56 Å². The molecule has 0 aliphatic rings. The first kappa shape index (κ1) is 13.2. The molecule has 0 amide bonds. The van der Waals surface area contributed by atoms with Gasteiger partial charge in [0.05, 0.1) is 17.4 Å². The number of nitrogens with one attached hydrogen (secondary N) is 1. The average Bonchev–Trinajstić information content (AvgIpc) is 2.46. The van der Waals surface area contributed by atoms with Gasteiger partial charge in [0.1, 0.15) is 0 Å². The lowest BCUT2D eigenvalue weighted by atomic mass is 10.2. The van der Waals surface area contributed by atoms with Crippen molar-refractivity contribution in [1.82, 2.24) is 4.98 Å². The second kappa shape index (κ2) is 5.70. The SMILES string of the molecule is Clc1ccc(CNc2cnc3ccccc3c2)c(Cl)c1. The second-order valence-electron chi connectivity index (χ2n) is 4.51. The van der Waals surface area contributed by atoms with Gasteiger partial charge in [0.15, 0.2) is 0 Å². The van der Waals surface area contributed by atoms with E-state index in [4.69, 9.17) is 23.2 Å². The van der Waals surface area contributed by atoms with Crippen molar-refractivity contribution in [3.8, 4) is 0 Å². The van der Waals surface area contributed by atoms with Crippen LogP contribution in [-0.4, -0.2) is 4.98 Å². The van der Waals surface area contributed by atoms with Crippen LogP contribution in [0.25, 0.3) is 10.9 Å². The number of benzene rings is 2. The number of hydrogen-bond donors (Lipinski definition) is 1. The van der Waals surface area contributed by atoms with Crippen molar-refractivity contribution in [2.45, 2.75) is 6.54 Å². The Balaban J connectivity index is 1.79. The van der Waals surface area contributed by atoms with Crippen LogP contribution in [-0.2, 0) is 6.54 Å². The molecule has 20 heavy (non-hydrogen) atoms. The van der Waals surface area contributed by atoms with Crippen LogP contribution in [0.4, 0.5) is 5.69 Å². The van der Waals surface area contributed by atoms with Crippen LogP contribution in [0, 0.1) is 0 Å². The lowest BCUT2D eigenvalue weighted by molar-refractivity contribution is 1.14. The van der Waals surface area contributed by atoms with E-state index in [0.29, 0.717) is 16.6 Å². The number of halogens is 2. The van der Waals surface area contributed by atoms with Gasteiger partial charge in [-0.3, -0.25) is 4.98 Å². The van der Waals surface area contributed by atoms with Crippen LogP contribution >= 0.6 is 23.2 Å². The highest BCUT2D eigenvalue weighted by Crippen LogP contribution is 2.22. The summed E-state index contributed by atoms with van der Waals surface area (Å²) in [6.45, 7) is 0.635. The van der Waals surface area contributed by atoms with Gasteiger partial charge in [-0.05, 0) is 29.8 Å². The number of anilines is 1. The highest BCUT2D eigenvalue weighted by molar-refractivity contribution is 6.35. The third-order valence-corrected chi connectivity index (χ3v) is 3.68. The Morgan fingerprint density at radius 3 is 2.70 bits per heavy atom. The Labute approximate surface area is 127 Å². The lowest BCUT2D eigenvalue weighted by Crippen LogP contribution is -2.00. The summed E-state index contributed by atoms with van der Waals surface area (Å²) in [5.74, 6) is 0. The molecule has 0 fully saturated rings. The predicted molar refractivity (Wildman–Crippen MR) is 85.5 cm³/mol. The molecule has 1 heterocycles. The summed E-state index contributed by atoms with van der Waals surface area (Å²) in [7, 11) is 0. The summed E-state index contributed by atoms with van der Waals surface area (Å²) >= 11 is 12.0. The van der Waals surface area contributed by atoms with E-state index < -0.39 is 0 Å². The van der Waals surface area contributed by atoms with Crippen LogP contribution in [0.3, 0.4) is 0 Å². The van der Waals surface area contributed by atoms with Gasteiger partial charge in [0.2, 0.25) is 0 Å². The summed E-state index contributed by atoms with van der Waals surface area (Å²) in [6, 6.07) is 15.6. The molecular formula is C16H12Cl2N2. The summed E-state index contributed by atoms with van der Waals surface area (Å²) in [6.07, 6.45) is 1.83. The standard InChI is InChI=1S/C16H12Cl2N2/c17-13-6-5-12(15(18)8-13)9-19-14-7-11-3-1-2-4-16(11)20-10-14/h1-8,10,19H,9H2. The maximum absolute atomic E-state index is 6.15. The number of nitrogens with zero attached hydrogens (tertiary/aromatic N) is 1. The van der Waals surface area contributed by atoms with E-state index in [1.54, 1.807) is 6.07 Å². The summed E-state index contributed by atoms with van der Waals surface area (Å²) in [4.78, 5) is 4.41. The van der Waals surface area contributed by atoms with Crippen molar-refractivity contribution in [2.24, 2.45) is 0 Å². The van der Waals surface area contributed by atoms with Gasteiger partial charge in [-0.15, -0.1) is 0 Å². The molecule has 1 aromatic heterocycles. The summed E-state index contributed by atoms with van der Waals surface area (Å²) < 4.78 is 0. The monoisotopic (exact) mass is 302 g/mol. The predicted octanol–water partition coefficient (Wildman–Crippen LogP) is 5.15. The molecule has 3 rings (SSSR count). The lowest BCUT2D eigenvalue weighted by Gasteiger charge is -2.09. The third-order valence-electron chi connectivity index (χ3n) is 3.09. The van der Waals surface area contributed by atoms with Gasteiger partial charge < -0.3 is 5.32 Å². The highest BCUT2D eigenvalue weighted by atomic mass is 35.5. The number of fused-ring (bicyclic) bond motifs is 1. The topological polar surface area (TPSA) is 24.9 Å². The van der Waals surface area contributed by atoms with E-state index >= 15 is 0 Å². The van der Waals surface area contributed by atoms with E-state index in [1.807, 2.05) is 42.6 Å². The van der Waals surface area contributed by atoms with Gasteiger partial charge in [-0.1, -0.05) is 47.5 Å². The molecule has 0 unspecified atom stereocenters. The third kappa shape index (κ3) is 2.87. The fraction of sp³-hybridized carbons (Fsp3) is 0.0625. The molecule has 0 saturated heterocycles. The maximum Gasteiger partial charge on any atom is 0.0703 e. The smallest absolute Gasteiger partial charge is 0.0703 e. The average molecular weight is 303 g/mol. The van der Waals surface area contributed by atoms with Crippen LogP contribution in [0.2, 0.25) is 10.0 Å². The van der Waals surface area contributed by atoms with Crippen LogP contribution < -0.4 is 5.32 Å². The molecule has 0 bridgehead atoms. The van der Waals surface area contributed by atoms with Crippen molar-refractivity contribution in [3.63, 3.8) is 0 Å². The number of aromatic nitrogens is 1. The van der Waals surface area contributed by atoms with E-state index in [-0.39, 0.29) is 0 Å². The zero-order valence-corrected chi connectivity index (χ0v) is 12.1. The molecule has 2 aromatic carbocycles. The minimum absolute atomic E-state index is 0.635. The molecule has 4 heteroatoms. The van der Waals surface area contributed by atoms with E-state index in [1.165, 1.54) is 0 Å². The molecule has 0 radical (unpaired) electrons. The zero-order valence-electron chi connectivity index (χ0n) is 10.6. The van der Waals surface area contributed by atoms with Crippen molar-refractivity contribution < 1.29 is 0 Å². The Kier molecular flexibility index (Phi) is 3.77. The molecule has 0 atom stereocenters. The Morgan fingerprint density at radius 2 is 1.85 bits per heavy atom. The number of hydrogen-bond acceptors (Lipinski definition) is 2. The quantitative estimate of drug-likeness (QED) is 0.723. The molecule has 0 aliphatic heterocycles. The molecule has 0 aliphatic carbocycles. The van der Waals surface area contributed by atoms with Gasteiger partial charge in [-0.2, -0.15) is 0 Å². The van der Waals surface area contributed by atoms with Crippen molar-refractivity contribution in [2.75, 3.05) is 5.32 Å². The fourth-order valence-electron chi connectivity index (χ4n) is 2.03. The Bertz CT molecular complexity index is 756. The van der Waals surface area contributed by atoms with Crippen LogP contribution in [0.5, 0.6) is 0 Å². The first-order valence-corrected chi connectivity index (χ1v) is 7.00. The second-order valence-corrected chi connectivity index (χ2v) is 5.35. The van der Waals surface area contributed by atoms with Gasteiger partial charge >= 0.3 is 0 Å². The number of para-hydroxylation sites is 1. The normalized spacial score (nSPS) is 10.7. The highest BCUT2D eigenvalue weighted by Gasteiger charge is 2.02. The van der Waals surface area contributed by atoms with Crippen molar-refractivity contribution in [1.29, 1.82) is 0 Å².